The fourth-order valence-corrected chi connectivity index (χ4v) is 7.39. The first-order chi connectivity index (χ1) is 26.3. The fraction of sp³-hybridized carbons (Fsp3) is 0.933. The molecule has 0 saturated carbocycles. The van der Waals surface area contributed by atoms with E-state index in [9.17, 15) is 30.3 Å². The van der Waals surface area contributed by atoms with Crippen molar-refractivity contribution in [3.63, 3.8) is 0 Å². The van der Waals surface area contributed by atoms with Crippen LogP contribution in [0.3, 0.4) is 0 Å². The van der Waals surface area contributed by atoms with Crippen LogP contribution < -0.4 is 5.32 Å². The van der Waals surface area contributed by atoms with Crippen LogP contribution in [-0.4, -0.2) is 87.5 Å². The third-order valence-corrected chi connectivity index (χ3v) is 11.1. The molecule has 0 aromatic carbocycles. The monoisotopic (exact) mass is 770 g/mol. The molecule has 9 heteroatoms. The molecule has 0 spiro atoms. The van der Waals surface area contributed by atoms with Crippen LogP contribution in [0.2, 0.25) is 0 Å². The molecule has 1 heterocycles. The maximum atomic E-state index is 12.9. The van der Waals surface area contributed by atoms with Crippen molar-refractivity contribution in [2.45, 2.75) is 256 Å². The normalized spacial score (nSPS) is 21.5. The van der Waals surface area contributed by atoms with Gasteiger partial charge in [0.1, 0.15) is 24.4 Å². The Bertz CT molecular complexity index is 858. The van der Waals surface area contributed by atoms with E-state index >= 15 is 0 Å². The van der Waals surface area contributed by atoms with Crippen LogP contribution in [0, 0.1) is 0 Å². The van der Waals surface area contributed by atoms with E-state index in [-0.39, 0.29) is 12.5 Å². The van der Waals surface area contributed by atoms with Crippen molar-refractivity contribution in [1.82, 2.24) is 5.32 Å². The molecule has 1 rings (SSSR count). The molecular formula is C45H87NO8. The van der Waals surface area contributed by atoms with Gasteiger partial charge in [-0.2, -0.15) is 0 Å². The summed E-state index contributed by atoms with van der Waals surface area (Å²) in [6.45, 7) is 3.78. The molecule has 2 unspecified atom stereocenters. The molecule has 1 aliphatic heterocycles. The Morgan fingerprint density at radius 1 is 0.611 bits per heavy atom. The van der Waals surface area contributed by atoms with Crippen molar-refractivity contribution in [2.75, 3.05) is 13.2 Å². The summed E-state index contributed by atoms with van der Waals surface area (Å²) in [5.41, 5.74) is 0. The summed E-state index contributed by atoms with van der Waals surface area (Å²) < 4.78 is 11.2. The number of hydrogen-bond acceptors (Lipinski definition) is 8. The van der Waals surface area contributed by atoms with Crippen LogP contribution in [0.15, 0.2) is 12.2 Å². The Morgan fingerprint density at radius 2 is 1.02 bits per heavy atom. The van der Waals surface area contributed by atoms with Gasteiger partial charge in [0.15, 0.2) is 6.29 Å². The lowest BCUT2D eigenvalue weighted by molar-refractivity contribution is -0.302. The second-order valence-electron chi connectivity index (χ2n) is 16.2. The number of unbranched alkanes of at least 4 members (excludes halogenated alkanes) is 28. The summed E-state index contributed by atoms with van der Waals surface area (Å²) in [7, 11) is 0. The fourth-order valence-electron chi connectivity index (χ4n) is 7.39. The number of carbonyl (C=O) groups is 1. The van der Waals surface area contributed by atoms with Crippen molar-refractivity contribution in [3.05, 3.63) is 12.2 Å². The van der Waals surface area contributed by atoms with Crippen LogP contribution >= 0.6 is 0 Å². The van der Waals surface area contributed by atoms with Gasteiger partial charge in [-0.15, -0.1) is 0 Å². The van der Waals surface area contributed by atoms with Crippen LogP contribution in [0.4, 0.5) is 0 Å². The molecular weight excluding hydrogens is 682 g/mol. The average Bonchev–Trinajstić information content (AvgIpc) is 3.17. The number of aliphatic hydroxyl groups excluding tert-OH is 5. The van der Waals surface area contributed by atoms with Crippen molar-refractivity contribution in [2.24, 2.45) is 0 Å². The van der Waals surface area contributed by atoms with Gasteiger partial charge in [-0.3, -0.25) is 4.79 Å². The Labute approximate surface area is 331 Å². The van der Waals surface area contributed by atoms with Crippen molar-refractivity contribution < 1.29 is 39.8 Å². The predicted molar refractivity (Wildman–Crippen MR) is 221 cm³/mol. The average molecular weight is 770 g/mol. The number of rotatable bonds is 38. The summed E-state index contributed by atoms with van der Waals surface area (Å²) in [6, 6.07) is -0.797. The Kier molecular flexibility index (Phi) is 34.2. The Morgan fingerprint density at radius 3 is 1.44 bits per heavy atom. The molecule has 54 heavy (non-hydrogen) atoms. The van der Waals surface area contributed by atoms with Gasteiger partial charge < -0.3 is 40.3 Å². The van der Waals surface area contributed by atoms with Gasteiger partial charge in [-0.05, 0) is 19.3 Å². The molecule has 6 N–H and O–H groups in total. The zero-order valence-corrected chi connectivity index (χ0v) is 35.0. The van der Waals surface area contributed by atoms with E-state index in [1.807, 2.05) is 6.08 Å². The minimum atomic E-state index is -1.56. The molecule has 9 nitrogen and oxygen atoms in total. The molecule has 0 aromatic heterocycles. The summed E-state index contributed by atoms with van der Waals surface area (Å²) in [6.07, 6.45) is 33.9. The summed E-state index contributed by atoms with van der Waals surface area (Å²) in [5, 5.41) is 54.2. The summed E-state index contributed by atoms with van der Waals surface area (Å²) in [5.74, 6) is -0.174. The zero-order valence-electron chi connectivity index (χ0n) is 35.0. The molecule has 7 atom stereocenters. The lowest BCUT2D eigenvalue weighted by Crippen LogP contribution is -2.60. The molecule has 1 fully saturated rings. The highest BCUT2D eigenvalue weighted by Crippen LogP contribution is 2.23. The Hall–Kier alpha value is -1.07. The second kappa shape index (κ2) is 36.3. The first kappa shape index (κ1) is 50.9. The minimum Gasteiger partial charge on any atom is -0.394 e. The van der Waals surface area contributed by atoms with Gasteiger partial charge in [-0.25, -0.2) is 0 Å². The maximum absolute atomic E-state index is 12.9. The topological polar surface area (TPSA) is 149 Å². The van der Waals surface area contributed by atoms with Gasteiger partial charge in [-0.1, -0.05) is 199 Å². The quantitative estimate of drug-likeness (QED) is 0.0269. The smallest absolute Gasteiger partial charge is 0.220 e. The molecule has 320 valence electrons. The lowest BCUT2D eigenvalue weighted by atomic mass is 9.99. The molecule has 1 amide bonds. The SMILES string of the molecule is CCCCCCCCCCCCCCC/C=C/[C@@H](O)[C@H](CO[C@@H]1O[C@H](CO)[C@@H](O)C(O)C1O)NC(=O)CCCCCCCCCCCCCCCCCC. The van der Waals surface area contributed by atoms with Gasteiger partial charge in [0, 0.05) is 6.42 Å². The number of amides is 1. The number of carbonyl (C=O) groups excluding carboxylic acids is 1. The Balaban J connectivity index is 2.36. The van der Waals surface area contributed by atoms with Gasteiger partial charge in [0.25, 0.3) is 0 Å². The highest BCUT2D eigenvalue weighted by molar-refractivity contribution is 5.76. The summed E-state index contributed by atoms with van der Waals surface area (Å²) in [4.78, 5) is 12.9. The first-order valence-corrected chi connectivity index (χ1v) is 22.9. The second-order valence-corrected chi connectivity index (χ2v) is 16.2. The van der Waals surface area contributed by atoms with E-state index in [0.717, 1.165) is 38.5 Å². The van der Waals surface area contributed by atoms with E-state index in [2.05, 4.69) is 19.2 Å². The van der Waals surface area contributed by atoms with Gasteiger partial charge >= 0.3 is 0 Å². The van der Waals surface area contributed by atoms with Crippen LogP contribution in [-0.2, 0) is 14.3 Å². The van der Waals surface area contributed by atoms with E-state index in [1.54, 1.807) is 6.08 Å². The number of nitrogens with one attached hydrogen (secondary N) is 1. The van der Waals surface area contributed by atoms with Crippen LogP contribution in [0.1, 0.15) is 213 Å². The number of hydrogen-bond donors (Lipinski definition) is 6. The molecule has 1 aliphatic rings. The van der Waals surface area contributed by atoms with E-state index in [1.165, 1.54) is 154 Å². The predicted octanol–water partition coefficient (Wildman–Crippen LogP) is 9.34. The number of aliphatic hydroxyl groups is 5. The zero-order chi connectivity index (χ0) is 39.5. The molecule has 1 saturated heterocycles. The van der Waals surface area contributed by atoms with Crippen LogP contribution in [0.5, 0.6) is 0 Å². The highest BCUT2D eigenvalue weighted by Gasteiger charge is 2.44. The third-order valence-electron chi connectivity index (χ3n) is 11.1. The third kappa shape index (κ3) is 26.7. The number of allylic oxidation sites excluding steroid dienone is 1. The largest absolute Gasteiger partial charge is 0.394 e. The van der Waals surface area contributed by atoms with E-state index in [0.29, 0.717) is 6.42 Å². The molecule has 0 aliphatic carbocycles. The van der Waals surface area contributed by atoms with Crippen LogP contribution in [0.25, 0.3) is 0 Å². The lowest BCUT2D eigenvalue weighted by Gasteiger charge is -2.40. The minimum absolute atomic E-state index is 0.174. The molecule has 0 aromatic rings. The molecule has 0 bridgehead atoms. The first-order valence-electron chi connectivity index (χ1n) is 22.9. The van der Waals surface area contributed by atoms with Gasteiger partial charge in [0.05, 0.1) is 25.4 Å². The van der Waals surface area contributed by atoms with E-state index < -0.39 is 49.5 Å². The molecule has 0 radical (unpaired) electrons. The van der Waals surface area contributed by atoms with Crippen molar-refractivity contribution >= 4 is 5.91 Å². The maximum Gasteiger partial charge on any atom is 0.220 e. The summed E-state index contributed by atoms with van der Waals surface area (Å²) >= 11 is 0. The van der Waals surface area contributed by atoms with Gasteiger partial charge in [0.2, 0.25) is 5.91 Å². The standard InChI is InChI=1S/C45H87NO8/c1-3-5-7-9-11-13-15-17-19-21-23-25-27-29-31-33-35-41(49)46-38(37-53-45-44(52)43(51)42(50)40(36-47)54-45)39(48)34-32-30-28-26-24-22-20-18-16-14-12-10-8-6-4-2/h32,34,38-40,42-45,47-48,50-52H,3-31,33,35-37H2,1-2H3,(H,46,49)/b34-32+/t38-,39+,40+,42+,43?,44?,45+/m0/s1. The van der Waals surface area contributed by atoms with E-state index in [4.69, 9.17) is 9.47 Å². The van der Waals surface area contributed by atoms with Crippen molar-refractivity contribution in [1.29, 1.82) is 0 Å². The highest BCUT2D eigenvalue weighted by atomic mass is 16.7. The number of ether oxygens (including phenoxy) is 2. The van der Waals surface area contributed by atoms with Crippen molar-refractivity contribution in [3.8, 4) is 0 Å².